The average molecular weight is 441 g/mol. The number of benzene rings is 1. The molecule has 2 aliphatic rings. The first kappa shape index (κ1) is 21.5. The number of thiazole rings is 1. The molecule has 31 heavy (non-hydrogen) atoms. The first-order valence-electron chi connectivity index (χ1n) is 10.9. The molecule has 0 radical (unpaired) electrons. The number of aromatic nitrogens is 1. The Balaban J connectivity index is 1.27. The predicted molar refractivity (Wildman–Crippen MR) is 121 cm³/mol. The van der Waals surface area contributed by atoms with E-state index in [1.807, 2.05) is 17.5 Å². The Morgan fingerprint density at radius 3 is 2.61 bits per heavy atom. The zero-order valence-electron chi connectivity index (χ0n) is 17.9. The molecule has 0 unspecified atom stereocenters. The Kier molecular flexibility index (Phi) is 6.09. The highest BCUT2D eigenvalue weighted by Gasteiger charge is 2.52. The molecule has 164 valence electrons. The molecule has 2 fully saturated rings. The first-order chi connectivity index (χ1) is 14.9. The number of imide groups is 1. The highest BCUT2D eigenvalue weighted by Crippen LogP contribution is 2.35. The van der Waals surface area contributed by atoms with Gasteiger partial charge in [0.25, 0.3) is 5.91 Å². The Morgan fingerprint density at radius 1 is 1.23 bits per heavy atom. The molecule has 4 rings (SSSR count). The Bertz CT molecular complexity index is 977. The minimum absolute atomic E-state index is 0.136. The highest BCUT2D eigenvalue weighted by molar-refractivity contribution is 7.14. The fraction of sp³-hybridized carbons (Fsp3) is 0.478. The van der Waals surface area contributed by atoms with Crippen molar-refractivity contribution >= 4 is 34.3 Å². The molecule has 1 aliphatic heterocycles. The minimum Gasteiger partial charge on any atom is -0.323 e. The molecule has 2 aromatic rings. The fourth-order valence-electron chi connectivity index (χ4n) is 4.28. The van der Waals surface area contributed by atoms with Crippen molar-refractivity contribution in [3.63, 3.8) is 0 Å². The summed E-state index contributed by atoms with van der Waals surface area (Å²) in [6.07, 6.45) is 3.99. The highest BCUT2D eigenvalue weighted by atomic mass is 32.1. The number of amides is 4. The smallest absolute Gasteiger partial charge is 0.323 e. The molecule has 7 nitrogen and oxygen atoms in total. The number of anilines is 1. The van der Waals surface area contributed by atoms with E-state index in [4.69, 9.17) is 0 Å². The number of hydrogen-bond donors (Lipinski definition) is 2. The molecule has 4 amide bonds. The van der Waals surface area contributed by atoms with Crippen molar-refractivity contribution in [2.75, 3.05) is 11.9 Å². The zero-order chi connectivity index (χ0) is 22.0. The molecule has 1 spiro atoms. The van der Waals surface area contributed by atoms with Crippen LogP contribution in [-0.4, -0.2) is 39.8 Å². The maximum Gasteiger partial charge on any atom is 0.325 e. The van der Waals surface area contributed by atoms with Crippen LogP contribution in [0.2, 0.25) is 0 Å². The lowest BCUT2D eigenvalue weighted by Gasteiger charge is -2.19. The van der Waals surface area contributed by atoms with E-state index in [2.05, 4.69) is 41.6 Å². The number of nitrogens with zero attached hydrogens (tertiary/aromatic N) is 2. The molecule has 2 heterocycles. The van der Waals surface area contributed by atoms with Crippen molar-refractivity contribution in [1.29, 1.82) is 0 Å². The standard InChI is InChI=1S/C23H28N4O3S/c1-15(2)16-7-9-17(10-8-16)18-14-31-21(24-18)25-19(28)6-5-13-27-20(29)23(26-22(27)30)11-3-4-12-23/h7-10,14-15H,3-6,11-13H2,1-2H3,(H,26,30)(H,24,25,28). The molecule has 1 aromatic carbocycles. The van der Waals surface area contributed by atoms with Gasteiger partial charge in [0.05, 0.1) is 5.69 Å². The lowest BCUT2D eigenvalue weighted by atomic mass is 9.98. The summed E-state index contributed by atoms with van der Waals surface area (Å²) in [6, 6.07) is 7.96. The quantitative estimate of drug-likeness (QED) is 0.620. The van der Waals surface area contributed by atoms with Gasteiger partial charge in [0.2, 0.25) is 5.91 Å². The van der Waals surface area contributed by atoms with Crippen LogP contribution in [0.25, 0.3) is 11.3 Å². The van der Waals surface area contributed by atoms with Crippen LogP contribution in [0.5, 0.6) is 0 Å². The van der Waals surface area contributed by atoms with Crippen molar-refractivity contribution in [2.24, 2.45) is 0 Å². The summed E-state index contributed by atoms with van der Waals surface area (Å²) in [5, 5.41) is 8.16. The van der Waals surface area contributed by atoms with E-state index < -0.39 is 5.54 Å². The van der Waals surface area contributed by atoms with Crippen LogP contribution < -0.4 is 10.6 Å². The molecule has 1 aromatic heterocycles. The van der Waals surface area contributed by atoms with Gasteiger partial charge in [0, 0.05) is 23.9 Å². The molecule has 0 atom stereocenters. The molecule has 8 heteroatoms. The summed E-state index contributed by atoms with van der Waals surface area (Å²) < 4.78 is 0. The lowest BCUT2D eigenvalue weighted by Crippen LogP contribution is -2.44. The van der Waals surface area contributed by atoms with Crippen molar-refractivity contribution in [3.05, 3.63) is 35.2 Å². The van der Waals surface area contributed by atoms with Crippen LogP contribution in [0, 0.1) is 0 Å². The van der Waals surface area contributed by atoms with Gasteiger partial charge in [-0.05, 0) is 30.7 Å². The summed E-state index contributed by atoms with van der Waals surface area (Å²) in [5.41, 5.74) is 2.43. The van der Waals surface area contributed by atoms with Crippen molar-refractivity contribution in [1.82, 2.24) is 15.2 Å². The lowest BCUT2D eigenvalue weighted by molar-refractivity contribution is -0.131. The SMILES string of the molecule is CC(C)c1ccc(-c2csc(NC(=O)CCCN3C(=O)NC4(CCCC4)C3=O)n2)cc1. The van der Waals surface area contributed by atoms with Crippen molar-refractivity contribution in [2.45, 2.75) is 63.8 Å². The average Bonchev–Trinajstić information content (AvgIpc) is 3.45. The van der Waals surface area contributed by atoms with Crippen molar-refractivity contribution in [3.8, 4) is 11.3 Å². The van der Waals surface area contributed by atoms with Crippen LogP contribution in [0.1, 0.15) is 63.9 Å². The second-order valence-electron chi connectivity index (χ2n) is 8.64. The Labute approximate surface area is 186 Å². The summed E-state index contributed by atoms with van der Waals surface area (Å²) in [7, 11) is 0. The third-order valence-corrected chi connectivity index (χ3v) is 6.87. The van der Waals surface area contributed by atoms with E-state index in [1.54, 1.807) is 0 Å². The molecular weight excluding hydrogens is 412 g/mol. The zero-order valence-corrected chi connectivity index (χ0v) is 18.8. The summed E-state index contributed by atoms with van der Waals surface area (Å²) in [5.74, 6) is 0.173. The summed E-state index contributed by atoms with van der Waals surface area (Å²) in [6.45, 7) is 4.57. The fourth-order valence-corrected chi connectivity index (χ4v) is 5.01. The van der Waals surface area contributed by atoms with Gasteiger partial charge in [0.1, 0.15) is 5.54 Å². The van der Waals surface area contributed by atoms with E-state index >= 15 is 0 Å². The maximum atomic E-state index is 12.6. The summed E-state index contributed by atoms with van der Waals surface area (Å²) in [4.78, 5) is 42.9. The monoisotopic (exact) mass is 440 g/mol. The molecule has 2 N–H and O–H groups in total. The van der Waals surface area contributed by atoms with E-state index in [0.29, 0.717) is 30.3 Å². The number of carbonyl (C=O) groups excluding carboxylic acids is 3. The molecule has 1 saturated carbocycles. The largest absolute Gasteiger partial charge is 0.325 e. The van der Waals surface area contributed by atoms with Gasteiger partial charge in [-0.15, -0.1) is 11.3 Å². The van der Waals surface area contributed by atoms with E-state index in [1.165, 1.54) is 21.8 Å². The van der Waals surface area contributed by atoms with Crippen LogP contribution in [-0.2, 0) is 9.59 Å². The second-order valence-corrected chi connectivity index (χ2v) is 9.50. The molecule has 1 aliphatic carbocycles. The van der Waals surface area contributed by atoms with Crippen molar-refractivity contribution < 1.29 is 14.4 Å². The molecule has 1 saturated heterocycles. The second kappa shape index (κ2) is 8.78. The summed E-state index contributed by atoms with van der Waals surface area (Å²) >= 11 is 1.38. The maximum absolute atomic E-state index is 12.6. The van der Waals surface area contributed by atoms with E-state index in [0.717, 1.165) is 24.1 Å². The predicted octanol–water partition coefficient (Wildman–Crippen LogP) is 4.52. The third kappa shape index (κ3) is 4.49. The van der Waals surface area contributed by atoms with Gasteiger partial charge in [-0.1, -0.05) is 51.0 Å². The number of hydrogen-bond acceptors (Lipinski definition) is 5. The normalized spacial score (nSPS) is 17.6. The van der Waals surface area contributed by atoms with Crippen LogP contribution in [0.15, 0.2) is 29.6 Å². The van der Waals surface area contributed by atoms with E-state index in [9.17, 15) is 14.4 Å². The number of rotatable bonds is 7. The van der Waals surface area contributed by atoms with Crippen LogP contribution in [0.3, 0.4) is 0 Å². The van der Waals surface area contributed by atoms with Gasteiger partial charge >= 0.3 is 6.03 Å². The van der Waals surface area contributed by atoms with Gasteiger partial charge in [-0.2, -0.15) is 0 Å². The minimum atomic E-state index is -0.690. The number of nitrogens with one attached hydrogen (secondary N) is 2. The molecule has 0 bridgehead atoms. The van der Waals surface area contributed by atoms with Gasteiger partial charge in [0.15, 0.2) is 5.13 Å². The number of urea groups is 1. The van der Waals surface area contributed by atoms with Gasteiger partial charge in [-0.3, -0.25) is 14.5 Å². The topological polar surface area (TPSA) is 91.4 Å². The Hall–Kier alpha value is -2.74. The van der Waals surface area contributed by atoms with Gasteiger partial charge in [-0.25, -0.2) is 9.78 Å². The van der Waals surface area contributed by atoms with Crippen LogP contribution >= 0.6 is 11.3 Å². The van der Waals surface area contributed by atoms with Gasteiger partial charge < -0.3 is 10.6 Å². The third-order valence-electron chi connectivity index (χ3n) is 6.11. The van der Waals surface area contributed by atoms with E-state index in [-0.39, 0.29) is 30.8 Å². The van der Waals surface area contributed by atoms with Crippen LogP contribution in [0.4, 0.5) is 9.93 Å². The number of carbonyl (C=O) groups is 3. The first-order valence-corrected chi connectivity index (χ1v) is 11.8. The Morgan fingerprint density at radius 2 is 1.94 bits per heavy atom. The molecular formula is C23H28N4O3S.